The van der Waals surface area contributed by atoms with E-state index in [1.165, 1.54) is 25.3 Å². The highest BCUT2D eigenvalue weighted by Crippen LogP contribution is 2.35. The minimum Gasteiger partial charge on any atom is -0.483 e. The van der Waals surface area contributed by atoms with Crippen molar-refractivity contribution in [1.29, 1.82) is 0 Å². The van der Waals surface area contributed by atoms with E-state index < -0.39 is 24.3 Å². The highest BCUT2D eigenvalue weighted by atomic mass is 19.4. The molecule has 1 aromatic carbocycles. The van der Waals surface area contributed by atoms with Crippen LogP contribution in [0.5, 0.6) is 5.75 Å². The van der Waals surface area contributed by atoms with Crippen LogP contribution in [0.4, 0.5) is 13.2 Å². The molecule has 0 radical (unpaired) electrons. The van der Waals surface area contributed by atoms with Gasteiger partial charge in [-0.05, 0) is 19.1 Å². The number of ether oxygens (including phenoxy) is 2. The summed E-state index contributed by atoms with van der Waals surface area (Å²) in [6, 6.07) is 4.51. The topological polar surface area (TPSA) is 47.6 Å². The Hall–Kier alpha value is -1.76. The van der Waals surface area contributed by atoms with Crippen LogP contribution in [-0.4, -0.2) is 32.3 Å². The van der Waals surface area contributed by atoms with E-state index in [-0.39, 0.29) is 11.8 Å². The summed E-state index contributed by atoms with van der Waals surface area (Å²) >= 11 is 0. The van der Waals surface area contributed by atoms with Gasteiger partial charge in [0.2, 0.25) is 0 Å². The highest BCUT2D eigenvalue weighted by molar-refractivity contribution is 5.77. The molecule has 7 heteroatoms. The van der Waals surface area contributed by atoms with Gasteiger partial charge in [0.25, 0.3) is 5.91 Å². The summed E-state index contributed by atoms with van der Waals surface area (Å²) in [5.74, 6) is -0.874. The molecule has 20 heavy (non-hydrogen) atoms. The lowest BCUT2D eigenvalue weighted by Gasteiger charge is -2.15. The summed E-state index contributed by atoms with van der Waals surface area (Å²) in [6.07, 6.45) is -4.52. The Balaban J connectivity index is 2.60. The summed E-state index contributed by atoms with van der Waals surface area (Å²) in [4.78, 5) is 11.5. The number of carbonyl (C=O) groups is 1. The van der Waals surface area contributed by atoms with Crippen molar-refractivity contribution in [3.8, 4) is 5.75 Å². The molecule has 112 valence electrons. The van der Waals surface area contributed by atoms with Crippen LogP contribution < -0.4 is 10.1 Å². The molecule has 0 aliphatic heterocycles. The number of nitrogens with one attached hydrogen (secondary N) is 1. The molecule has 4 nitrogen and oxygen atoms in total. The molecule has 0 aliphatic rings. The van der Waals surface area contributed by atoms with Crippen LogP contribution in [0.15, 0.2) is 24.3 Å². The molecule has 1 rings (SSSR count). The zero-order valence-electron chi connectivity index (χ0n) is 11.2. The first-order chi connectivity index (χ1) is 9.34. The third kappa shape index (κ3) is 5.08. The Morgan fingerprint density at radius 1 is 1.35 bits per heavy atom. The van der Waals surface area contributed by atoms with Crippen LogP contribution in [0, 0.1) is 0 Å². The number of amides is 1. The number of halogens is 3. The lowest BCUT2D eigenvalue weighted by molar-refractivity contribution is -0.139. The van der Waals surface area contributed by atoms with Crippen LogP contribution in [-0.2, 0) is 15.7 Å². The molecule has 0 bridgehead atoms. The SMILES string of the molecule is COC[C@@H](C)NC(=O)COc1ccccc1C(F)(F)F. The zero-order chi connectivity index (χ0) is 15.2. The van der Waals surface area contributed by atoms with E-state index in [4.69, 9.17) is 9.47 Å². The van der Waals surface area contributed by atoms with E-state index in [1.807, 2.05) is 0 Å². The van der Waals surface area contributed by atoms with Crippen molar-refractivity contribution in [1.82, 2.24) is 5.32 Å². The first kappa shape index (κ1) is 16.3. The maximum Gasteiger partial charge on any atom is 0.419 e. The standard InChI is InChI=1S/C13H16F3NO3/c1-9(7-19-2)17-12(18)8-20-11-6-4-3-5-10(11)13(14,15)16/h3-6,9H,7-8H2,1-2H3,(H,17,18)/t9-/m1/s1. The predicted octanol–water partition coefficient (Wildman–Crippen LogP) is 2.24. The van der Waals surface area contributed by atoms with Crippen LogP contribution >= 0.6 is 0 Å². The molecule has 1 atom stereocenters. The lowest BCUT2D eigenvalue weighted by Crippen LogP contribution is -2.38. The average molecular weight is 291 g/mol. The molecule has 0 fully saturated rings. The molecule has 1 aromatic rings. The van der Waals surface area contributed by atoms with E-state index in [0.717, 1.165) is 6.07 Å². The van der Waals surface area contributed by atoms with E-state index in [9.17, 15) is 18.0 Å². The second-order valence-corrected chi connectivity index (χ2v) is 4.21. The van der Waals surface area contributed by atoms with Crippen molar-refractivity contribution in [2.24, 2.45) is 0 Å². The third-order valence-electron chi connectivity index (χ3n) is 2.38. The average Bonchev–Trinajstić information content (AvgIpc) is 2.36. The molecule has 0 saturated heterocycles. The van der Waals surface area contributed by atoms with E-state index in [2.05, 4.69) is 5.32 Å². The number of benzene rings is 1. The summed E-state index contributed by atoms with van der Waals surface area (Å²) in [6.45, 7) is 1.54. The van der Waals surface area contributed by atoms with Gasteiger partial charge < -0.3 is 14.8 Å². The first-order valence-corrected chi connectivity index (χ1v) is 5.92. The number of carbonyl (C=O) groups excluding carboxylic acids is 1. The zero-order valence-corrected chi connectivity index (χ0v) is 11.2. The second kappa shape index (κ2) is 7.14. The summed E-state index contributed by atoms with van der Waals surface area (Å²) < 4.78 is 47.8. The van der Waals surface area contributed by atoms with Crippen LogP contribution in [0.1, 0.15) is 12.5 Å². The van der Waals surface area contributed by atoms with Crippen molar-refractivity contribution >= 4 is 5.91 Å². The van der Waals surface area contributed by atoms with Crippen LogP contribution in [0.2, 0.25) is 0 Å². The fourth-order valence-electron chi connectivity index (χ4n) is 1.58. The first-order valence-electron chi connectivity index (χ1n) is 5.92. The number of methoxy groups -OCH3 is 1. The molecular formula is C13H16F3NO3. The predicted molar refractivity (Wildman–Crippen MR) is 66.4 cm³/mol. The molecule has 0 unspecified atom stereocenters. The van der Waals surface area contributed by atoms with Gasteiger partial charge in [0.1, 0.15) is 5.75 Å². The Kier molecular flexibility index (Phi) is 5.82. The minimum atomic E-state index is -4.52. The molecule has 0 aromatic heterocycles. The van der Waals surface area contributed by atoms with Gasteiger partial charge in [0, 0.05) is 13.2 Å². The molecular weight excluding hydrogens is 275 g/mol. The van der Waals surface area contributed by atoms with Gasteiger partial charge in [-0.2, -0.15) is 13.2 Å². The van der Waals surface area contributed by atoms with Crippen molar-refractivity contribution in [2.45, 2.75) is 19.1 Å². The molecule has 0 heterocycles. The summed E-state index contributed by atoms with van der Waals surface area (Å²) in [5, 5.41) is 2.54. The fraction of sp³-hybridized carbons (Fsp3) is 0.462. The fourth-order valence-corrected chi connectivity index (χ4v) is 1.58. The van der Waals surface area contributed by atoms with E-state index in [0.29, 0.717) is 6.61 Å². The molecule has 1 amide bonds. The largest absolute Gasteiger partial charge is 0.483 e. The third-order valence-corrected chi connectivity index (χ3v) is 2.38. The van der Waals surface area contributed by atoms with Crippen LogP contribution in [0.25, 0.3) is 0 Å². The Morgan fingerprint density at radius 3 is 2.60 bits per heavy atom. The Labute approximate surface area is 114 Å². The number of hydrogen-bond acceptors (Lipinski definition) is 3. The van der Waals surface area contributed by atoms with Crippen molar-refractivity contribution in [3.05, 3.63) is 29.8 Å². The Bertz CT molecular complexity index is 449. The normalized spacial score (nSPS) is 12.8. The molecule has 0 saturated carbocycles. The van der Waals surface area contributed by atoms with Gasteiger partial charge in [-0.1, -0.05) is 12.1 Å². The molecule has 0 spiro atoms. The minimum absolute atomic E-state index is 0.242. The van der Waals surface area contributed by atoms with Gasteiger partial charge in [-0.3, -0.25) is 4.79 Å². The van der Waals surface area contributed by atoms with Gasteiger partial charge in [0.05, 0.1) is 12.2 Å². The van der Waals surface area contributed by atoms with Gasteiger partial charge >= 0.3 is 6.18 Å². The lowest BCUT2D eigenvalue weighted by atomic mass is 10.2. The van der Waals surface area contributed by atoms with Gasteiger partial charge in [-0.25, -0.2) is 0 Å². The smallest absolute Gasteiger partial charge is 0.419 e. The second-order valence-electron chi connectivity index (χ2n) is 4.21. The van der Waals surface area contributed by atoms with Gasteiger partial charge in [0.15, 0.2) is 6.61 Å². The monoisotopic (exact) mass is 291 g/mol. The Morgan fingerprint density at radius 2 is 2.00 bits per heavy atom. The van der Waals surface area contributed by atoms with Crippen molar-refractivity contribution in [2.75, 3.05) is 20.3 Å². The van der Waals surface area contributed by atoms with Crippen LogP contribution in [0.3, 0.4) is 0 Å². The number of hydrogen-bond donors (Lipinski definition) is 1. The number of rotatable bonds is 6. The van der Waals surface area contributed by atoms with E-state index >= 15 is 0 Å². The molecule has 1 N–H and O–H groups in total. The maximum atomic E-state index is 12.7. The summed E-state index contributed by atoms with van der Waals surface area (Å²) in [7, 11) is 1.48. The van der Waals surface area contributed by atoms with E-state index in [1.54, 1.807) is 6.92 Å². The quantitative estimate of drug-likeness (QED) is 0.874. The summed E-state index contributed by atoms with van der Waals surface area (Å²) in [5.41, 5.74) is -0.905. The van der Waals surface area contributed by atoms with Crippen molar-refractivity contribution in [3.63, 3.8) is 0 Å². The van der Waals surface area contributed by atoms with Crippen molar-refractivity contribution < 1.29 is 27.4 Å². The van der Waals surface area contributed by atoms with Gasteiger partial charge in [-0.15, -0.1) is 0 Å². The number of para-hydroxylation sites is 1. The number of alkyl halides is 3. The molecule has 0 aliphatic carbocycles. The highest BCUT2D eigenvalue weighted by Gasteiger charge is 2.34. The maximum absolute atomic E-state index is 12.7.